The summed E-state index contributed by atoms with van der Waals surface area (Å²) in [7, 11) is 0. The minimum absolute atomic E-state index is 0.0393. The molecule has 3 aliphatic rings. The molecule has 15 heteroatoms. The van der Waals surface area contributed by atoms with Gasteiger partial charge in [-0.25, -0.2) is 9.97 Å². The zero-order valence-electron chi connectivity index (χ0n) is 32.8. The van der Waals surface area contributed by atoms with Gasteiger partial charge in [0.15, 0.2) is 0 Å². The van der Waals surface area contributed by atoms with Gasteiger partial charge in [0, 0.05) is 72.7 Å². The zero-order chi connectivity index (χ0) is 42.0. The number of hydrogen-bond donors (Lipinski definition) is 4. The molecule has 1 aromatic heterocycles. The van der Waals surface area contributed by atoms with E-state index >= 15 is 0 Å². The van der Waals surface area contributed by atoms with Gasteiger partial charge in [0.1, 0.15) is 12.6 Å². The number of nitrogens with zero attached hydrogens (tertiary/aromatic N) is 5. The summed E-state index contributed by atoms with van der Waals surface area (Å²) in [4.78, 5) is 87.5. The van der Waals surface area contributed by atoms with Gasteiger partial charge in [-0.2, -0.15) is 5.26 Å². The predicted molar refractivity (Wildman–Crippen MR) is 222 cm³/mol. The van der Waals surface area contributed by atoms with Crippen molar-refractivity contribution in [3.8, 4) is 29.2 Å². The maximum absolute atomic E-state index is 13.3. The number of piperidine rings is 2. The van der Waals surface area contributed by atoms with Crippen molar-refractivity contribution in [3.63, 3.8) is 0 Å². The molecule has 0 saturated carbocycles. The van der Waals surface area contributed by atoms with E-state index < -0.39 is 29.7 Å². The van der Waals surface area contributed by atoms with E-state index in [1.807, 2.05) is 30.3 Å². The highest BCUT2D eigenvalue weighted by Gasteiger charge is 2.45. The second-order valence-electron chi connectivity index (χ2n) is 14.7. The number of nitriles is 1. The van der Waals surface area contributed by atoms with Gasteiger partial charge >= 0.3 is 0 Å². The number of carbonyl (C=O) groups excluding carboxylic acids is 6. The fourth-order valence-corrected chi connectivity index (χ4v) is 7.53. The number of anilines is 3. The SMILES string of the molecule is N#CCNC(=O)c1ccc(-c2ccnc(Nc3ccc(N4CCC(C(=O)NCCCCCC#Cc5cccc6c5C(=O)N(C5CCC(=O)NC5=O)C6=O)CC4)cc3)n2)cc1. The molecule has 0 aliphatic carbocycles. The second-order valence-corrected chi connectivity index (χ2v) is 14.7. The predicted octanol–water partition coefficient (Wildman–Crippen LogP) is 4.49. The first-order chi connectivity index (χ1) is 29.2. The molecule has 1 unspecified atom stereocenters. The van der Waals surface area contributed by atoms with Crippen LogP contribution < -0.4 is 26.2 Å². The van der Waals surface area contributed by atoms with Gasteiger partial charge in [-0.15, -0.1) is 0 Å². The molecular formula is C45H43N9O6. The van der Waals surface area contributed by atoms with Crippen LogP contribution in [-0.4, -0.2) is 82.5 Å². The normalized spacial score (nSPS) is 16.3. The molecule has 60 heavy (non-hydrogen) atoms. The third-order valence-electron chi connectivity index (χ3n) is 10.7. The molecule has 304 valence electrons. The maximum atomic E-state index is 13.3. The molecular weight excluding hydrogens is 763 g/mol. The number of hydrogen-bond acceptors (Lipinski definition) is 11. The Labute approximate surface area is 346 Å². The molecule has 4 heterocycles. The molecule has 0 bridgehead atoms. The number of benzene rings is 3. The van der Waals surface area contributed by atoms with E-state index in [1.54, 1.807) is 54.7 Å². The van der Waals surface area contributed by atoms with E-state index in [4.69, 9.17) is 5.26 Å². The average Bonchev–Trinajstić information content (AvgIpc) is 3.52. The maximum Gasteiger partial charge on any atom is 0.263 e. The number of carbonyl (C=O) groups is 6. The molecule has 1 atom stereocenters. The fraction of sp³-hybridized carbons (Fsp3) is 0.311. The van der Waals surface area contributed by atoms with Crippen molar-refractivity contribution < 1.29 is 28.8 Å². The van der Waals surface area contributed by atoms with Crippen LogP contribution in [0.4, 0.5) is 17.3 Å². The summed E-state index contributed by atoms with van der Waals surface area (Å²) in [6.07, 6.45) is 6.41. The first kappa shape index (κ1) is 40.8. The lowest BCUT2D eigenvalue weighted by atomic mass is 9.95. The molecule has 7 rings (SSSR count). The van der Waals surface area contributed by atoms with Crippen molar-refractivity contribution in [2.24, 2.45) is 5.92 Å². The van der Waals surface area contributed by atoms with E-state index in [0.29, 0.717) is 35.7 Å². The average molecular weight is 806 g/mol. The lowest BCUT2D eigenvalue weighted by Gasteiger charge is -2.33. The number of nitrogens with one attached hydrogen (secondary N) is 4. The summed E-state index contributed by atoms with van der Waals surface area (Å²) < 4.78 is 0. The Morgan fingerprint density at radius 3 is 2.40 bits per heavy atom. The van der Waals surface area contributed by atoms with E-state index in [2.05, 4.69) is 48.0 Å². The van der Waals surface area contributed by atoms with Gasteiger partial charge in [-0.05, 0) is 86.7 Å². The highest BCUT2D eigenvalue weighted by Crippen LogP contribution is 2.30. The summed E-state index contributed by atoms with van der Waals surface area (Å²) in [5.41, 5.74) is 4.71. The van der Waals surface area contributed by atoms with Crippen molar-refractivity contribution in [3.05, 3.63) is 101 Å². The molecule has 0 spiro atoms. The largest absolute Gasteiger partial charge is 0.371 e. The summed E-state index contributed by atoms with van der Waals surface area (Å²) in [5, 5.41) is 19.8. The third-order valence-corrected chi connectivity index (χ3v) is 10.7. The topological polar surface area (TPSA) is 207 Å². The van der Waals surface area contributed by atoms with Crippen molar-refractivity contribution in [1.29, 1.82) is 5.26 Å². The minimum Gasteiger partial charge on any atom is -0.371 e. The number of unbranched alkanes of at least 4 members (excludes halogenated alkanes) is 3. The lowest BCUT2D eigenvalue weighted by Crippen LogP contribution is -2.54. The molecule has 6 amide bonds. The fourth-order valence-electron chi connectivity index (χ4n) is 7.53. The highest BCUT2D eigenvalue weighted by molar-refractivity contribution is 6.24. The lowest BCUT2D eigenvalue weighted by molar-refractivity contribution is -0.136. The number of rotatable bonds is 13. The second kappa shape index (κ2) is 18.9. The van der Waals surface area contributed by atoms with Crippen LogP contribution in [0.5, 0.6) is 0 Å². The van der Waals surface area contributed by atoms with Gasteiger partial charge in [-0.3, -0.25) is 39.0 Å². The van der Waals surface area contributed by atoms with Crippen LogP contribution in [0.15, 0.2) is 79.0 Å². The van der Waals surface area contributed by atoms with Crippen molar-refractivity contribution in [1.82, 2.24) is 30.8 Å². The number of fused-ring (bicyclic) bond motifs is 1. The van der Waals surface area contributed by atoms with Crippen LogP contribution in [0.3, 0.4) is 0 Å². The van der Waals surface area contributed by atoms with Gasteiger partial charge in [0.2, 0.25) is 23.7 Å². The first-order valence-electron chi connectivity index (χ1n) is 20.0. The summed E-state index contributed by atoms with van der Waals surface area (Å²) in [6.45, 7) is 2.07. The van der Waals surface area contributed by atoms with Gasteiger partial charge in [0.05, 0.1) is 22.9 Å². The minimum atomic E-state index is -1.02. The molecule has 2 saturated heterocycles. The van der Waals surface area contributed by atoms with Gasteiger partial charge in [0.25, 0.3) is 17.7 Å². The Balaban J connectivity index is 0.802. The van der Waals surface area contributed by atoms with E-state index in [0.717, 1.165) is 67.0 Å². The summed E-state index contributed by atoms with van der Waals surface area (Å²) in [5.74, 6) is 4.10. The number of amides is 6. The quantitative estimate of drug-likeness (QED) is 0.0641. The standard InChI is InChI=1S/C45H43N9O6/c46-23-26-48-40(56)31-12-10-29(11-13-31)36-20-25-49-45(51-36)50-33-14-16-34(17-15-33)53-27-21-32(22-28-53)41(57)47-24-5-3-1-2-4-7-30-8-6-9-35-39(30)44(60)54(43(35)59)37-18-19-38(55)52-42(37)58/h6,8-17,20,25,32,37H,1-3,5,18-19,21-22,24,26-28H2,(H,47,57)(H,48,56)(H,49,50,51)(H,52,55,58). The Bertz CT molecular complexity index is 2410. The molecule has 15 nitrogen and oxygen atoms in total. The van der Waals surface area contributed by atoms with E-state index in [9.17, 15) is 28.8 Å². The Morgan fingerprint density at radius 1 is 0.867 bits per heavy atom. The third kappa shape index (κ3) is 9.48. The highest BCUT2D eigenvalue weighted by atomic mass is 16.2. The van der Waals surface area contributed by atoms with Crippen molar-refractivity contribution in [2.75, 3.05) is 36.4 Å². The number of imide groups is 2. The van der Waals surface area contributed by atoms with Crippen LogP contribution in [0.25, 0.3) is 11.3 Å². The van der Waals surface area contributed by atoms with Crippen LogP contribution in [0.2, 0.25) is 0 Å². The Morgan fingerprint density at radius 2 is 1.65 bits per heavy atom. The smallest absolute Gasteiger partial charge is 0.263 e. The van der Waals surface area contributed by atoms with E-state index in [-0.39, 0.29) is 48.2 Å². The molecule has 0 radical (unpaired) electrons. The molecule has 2 fully saturated rings. The number of aromatic nitrogens is 2. The molecule has 4 N–H and O–H groups in total. The molecule has 3 aliphatic heterocycles. The van der Waals surface area contributed by atoms with Crippen LogP contribution in [0.1, 0.15) is 88.0 Å². The van der Waals surface area contributed by atoms with Gasteiger partial charge < -0.3 is 20.9 Å². The monoisotopic (exact) mass is 805 g/mol. The summed E-state index contributed by atoms with van der Waals surface area (Å²) in [6, 6.07) is 22.6. The van der Waals surface area contributed by atoms with Crippen LogP contribution >= 0.6 is 0 Å². The van der Waals surface area contributed by atoms with Gasteiger partial charge in [-0.1, -0.05) is 36.5 Å². The summed E-state index contributed by atoms with van der Waals surface area (Å²) >= 11 is 0. The van der Waals surface area contributed by atoms with Crippen LogP contribution in [-0.2, 0) is 14.4 Å². The van der Waals surface area contributed by atoms with Crippen molar-refractivity contribution in [2.45, 2.75) is 57.4 Å². The van der Waals surface area contributed by atoms with E-state index in [1.165, 1.54) is 0 Å². The molecule has 3 aromatic carbocycles. The van der Waals surface area contributed by atoms with Crippen molar-refractivity contribution >= 4 is 52.8 Å². The molecule has 4 aromatic rings. The first-order valence-corrected chi connectivity index (χ1v) is 20.0. The zero-order valence-corrected chi connectivity index (χ0v) is 32.8. The Kier molecular flexibility index (Phi) is 12.9. The Hall–Kier alpha value is -7.39. The van der Waals surface area contributed by atoms with Crippen LogP contribution in [0, 0.1) is 29.1 Å².